The Kier molecular flexibility index (Phi) is 3.20. The maximum Gasteiger partial charge on any atom is 0.245 e. The summed E-state index contributed by atoms with van der Waals surface area (Å²) in [5.41, 5.74) is 4.76. The first kappa shape index (κ1) is 10.9. The van der Waals surface area contributed by atoms with Crippen molar-refractivity contribution in [2.24, 2.45) is 11.7 Å². The fourth-order valence-corrected chi connectivity index (χ4v) is 0.943. The summed E-state index contributed by atoms with van der Waals surface area (Å²) in [5.74, 6) is -2.92. The molecule has 0 aliphatic rings. The maximum atomic E-state index is 10.8. The molecule has 0 saturated carbocycles. The normalized spacial score (nSPS) is 13.5. The first-order valence-corrected chi connectivity index (χ1v) is 4.94. The van der Waals surface area contributed by atoms with E-state index in [4.69, 9.17) is 5.73 Å². The minimum atomic E-state index is -3.61. The van der Waals surface area contributed by atoms with Crippen LogP contribution in [0.4, 0.5) is 0 Å². The van der Waals surface area contributed by atoms with Crippen LogP contribution >= 0.6 is 0 Å². The Morgan fingerprint density at radius 2 is 1.83 bits per heavy atom. The predicted octanol–water partition coefficient (Wildman–Crippen LogP) is -1.82. The molecule has 12 heavy (non-hydrogen) atoms. The highest BCUT2D eigenvalue weighted by molar-refractivity contribution is 7.89. The predicted molar refractivity (Wildman–Crippen MR) is 41.3 cm³/mol. The van der Waals surface area contributed by atoms with Gasteiger partial charge in [0.15, 0.2) is 0 Å². The number of carbonyl (C=O) groups is 2. The van der Waals surface area contributed by atoms with E-state index in [9.17, 15) is 18.0 Å². The molecule has 7 heteroatoms. The minimum absolute atomic E-state index is 0.818. The van der Waals surface area contributed by atoms with Gasteiger partial charge in [-0.2, -0.15) is 0 Å². The van der Waals surface area contributed by atoms with E-state index in [2.05, 4.69) is 0 Å². The third-order valence-corrected chi connectivity index (χ3v) is 1.68. The largest absolute Gasteiger partial charge is 0.369 e. The topological polar surface area (TPSA) is 106 Å². The number of rotatable bonds is 3. The monoisotopic (exact) mass is 194 g/mol. The van der Waals surface area contributed by atoms with Crippen molar-refractivity contribution in [3.05, 3.63) is 0 Å². The lowest BCUT2D eigenvalue weighted by Gasteiger charge is -2.05. The van der Waals surface area contributed by atoms with Gasteiger partial charge in [-0.3, -0.25) is 14.3 Å². The van der Waals surface area contributed by atoms with Crippen molar-refractivity contribution in [2.75, 3.05) is 6.26 Å². The molecule has 0 aliphatic carbocycles. The third-order valence-electron chi connectivity index (χ3n) is 1.11. The van der Waals surface area contributed by atoms with Crippen molar-refractivity contribution < 1.29 is 18.0 Å². The molecule has 2 amide bonds. The Morgan fingerprint density at radius 1 is 1.42 bits per heavy atom. The van der Waals surface area contributed by atoms with Crippen LogP contribution in [0.2, 0.25) is 0 Å². The number of nitrogens with two attached hydrogens (primary N) is 1. The van der Waals surface area contributed by atoms with Crippen molar-refractivity contribution >= 4 is 21.8 Å². The molecule has 0 heterocycles. The van der Waals surface area contributed by atoms with Gasteiger partial charge >= 0.3 is 0 Å². The van der Waals surface area contributed by atoms with E-state index in [1.807, 2.05) is 0 Å². The standard InChI is InChI=1S/C5H10N2O4S/c1-3(4(6)8)5(9)7-12(2,10)11/h3H,1-2H3,(H2,6,8)(H,7,9). The molecule has 0 rings (SSSR count). The van der Waals surface area contributed by atoms with Crippen LogP contribution < -0.4 is 10.5 Å². The van der Waals surface area contributed by atoms with Gasteiger partial charge < -0.3 is 5.73 Å². The van der Waals surface area contributed by atoms with Crippen LogP contribution in [-0.2, 0) is 19.6 Å². The van der Waals surface area contributed by atoms with E-state index in [0.29, 0.717) is 0 Å². The van der Waals surface area contributed by atoms with Crippen LogP contribution in [-0.4, -0.2) is 26.5 Å². The molecule has 1 atom stereocenters. The van der Waals surface area contributed by atoms with Crippen molar-refractivity contribution in [1.82, 2.24) is 4.72 Å². The van der Waals surface area contributed by atoms with Gasteiger partial charge in [0.05, 0.1) is 6.26 Å². The Morgan fingerprint density at radius 3 is 2.08 bits per heavy atom. The highest BCUT2D eigenvalue weighted by atomic mass is 32.2. The molecule has 6 nitrogen and oxygen atoms in total. The molecular formula is C5H10N2O4S. The van der Waals surface area contributed by atoms with Gasteiger partial charge in [0.1, 0.15) is 5.92 Å². The van der Waals surface area contributed by atoms with E-state index >= 15 is 0 Å². The van der Waals surface area contributed by atoms with Gasteiger partial charge in [-0.05, 0) is 6.92 Å². The highest BCUT2D eigenvalue weighted by Gasteiger charge is 2.20. The van der Waals surface area contributed by atoms with Crippen molar-refractivity contribution in [3.8, 4) is 0 Å². The second-order valence-electron chi connectivity index (χ2n) is 2.36. The zero-order chi connectivity index (χ0) is 9.94. The Hall–Kier alpha value is -1.11. The van der Waals surface area contributed by atoms with E-state index in [-0.39, 0.29) is 0 Å². The second-order valence-corrected chi connectivity index (χ2v) is 4.11. The van der Waals surface area contributed by atoms with Crippen LogP contribution in [0.15, 0.2) is 0 Å². The summed E-state index contributed by atoms with van der Waals surface area (Å²) in [7, 11) is -3.61. The fourth-order valence-electron chi connectivity index (χ4n) is 0.400. The van der Waals surface area contributed by atoms with Crippen LogP contribution in [0.3, 0.4) is 0 Å². The van der Waals surface area contributed by atoms with E-state index in [1.54, 1.807) is 4.72 Å². The molecule has 70 valence electrons. The molecule has 0 saturated heterocycles. The SMILES string of the molecule is CC(C(N)=O)C(=O)NS(C)(=O)=O. The lowest BCUT2D eigenvalue weighted by atomic mass is 10.2. The molecule has 0 aliphatic heterocycles. The van der Waals surface area contributed by atoms with Crippen LogP contribution in [0.25, 0.3) is 0 Å². The van der Waals surface area contributed by atoms with Gasteiger partial charge in [-0.15, -0.1) is 0 Å². The molecular weight excluding hydrogens is 184 g/mol. The van der Waals surface area contributed by atoms with Gasteiger partial charge in [0.25, 0.3) is 0 Å². The van der Waals surface area contributed by atoms with Crippen molar-refractivity contribution in [2.45, 2.75) is 6.92 Å². The van der Waals surface area contributed by atoms with Crippen LogP contribution in [0.5, 0.6) is 0 Å². The Bertz CT molecular complexity index is 295. The van der Waals surface area contributed by atoms with E-state index in [1.165, 1.54) is 6.92 Å². The molecule has 1 unspecified atom stereocenters. The molecule has 0 bridgehead atoms. The first-order chi connectivity index (χ1) is 5.24. The summed E-state index contributed by atoms with van der Waals surface area (Å²) in [6, 6.07) is 0. The van der Waals surface area contributed by atoms with Crippen molar-refractivity contribution in [3.63, 3.8) is 0 Å². The van der Waals surface area contributed by atoms with E-state index in [0.717, 1.165) is 6.26 Å². The molecule has 0 fully saturated rings. The summed E-state index contributed by atoms with van der Waals surface area (Å²) in [4.78, 5) is 21.2. The molecule has 0 aromatic carbocycles. The number of primary amides is 1. The number of hydrogen-bond acceptors (Lipinski definition) is 4. The summed E-state index contributed by atoms with van der Waals surface area (Å²) >= 11 is 0. The quantitative estimate of drug-likeness (QED) is 0.516. The average molecular weight is 194 g/mol. The number of sulfonamides is 1. The lowest BCUT2D eigenvalue weighted by Crippen LogP contribution is -2.39. The lowest BCUT2D eigenvalue weighted by molar-refractivity contribution is -0.131. The van der Waals surface area contributed by atoms with Gasteiger partial charge in [0.2, 0.25) is 21.8 Å². The maximum absolute atomic E-state index is 10.8. The van der Waals surface area contributed by atoms with Crippen LogP contribution in [0, 0.1) is 5.92 Å². The highest BCUT2D eigenvalue weighted by Crippen LogP contribution is 1.93. The number of nitrogens with one attached hydrogen (secondary N) is 1. The molecule has 3 N–H and O–H groups in total. The van der Waals surface area contributed by atoms with Gasteiger partial charge in [0, 0.05) is 0 Å². The second kappa shape index (κ2) is 3.53. The zero-order valence-corrected chi connectivity index (χ0v) is 7.51. The van der Waals surface area contributed by atoms with Gasteiger partial charge in [-0.25, -0.2) is 8.42 Å². The summed E-state index contributed by atoms with van der Waals surface area (Å²) in [6.45, 7) is 1.23. The summed E-state index contributed by atoms with van der Waals surface area (Å²) in [5, 5.41) is 0. The Labute approximate surface area is 70.2 Å². The number of carbonyl (C=O) groups excluding carboxylic acids is 2. The average Bonchev–Trinajstić information content (AvgIpc) is 1.82. The van der Waals surface area contributed by atoms with Crippen molar-refractivity contribution in [1.29, 1.82) is 0 Å². The zero-order valence-electron chi connectivity index (χ0n) is 6.70. The first-order valence-electron chi connectivity index (χ1n) is 3.05. The third kappa shape index (κ3) is 3.91. The number of amides is 2. The molecule has 0 radical (unpaired) electrons. The summed E-state index contributed by atoms with van der Waals surface area (Å²) in [6.07, 6.45) is 0.818. The molecule has 0 aromatic rings. The number of hydrogen-bond donors (Lipinski definition) is 2. The fraction of sp³-hybridized carbons (Fsp3) is 0.600. The molecule has 0 aromatic heterocycles. The Balaban J connectivity index is 4.35. The molecule has 0 spiro atoms. The van der Waals surface area contributed by atoms with Crippen LogP contribution in [0.1, 0.15) is 6.92 Å². The van der Waals surface area contributed by atoms with Gasteiger partial charge in [-0.1, -0.05) is 0 Å². The smallest absolute Gasteiger partial charge is 0.245 e. The van der Waals surface area contributed by atoms with E-state index < -0.39 is 27.8 Å². The minimum Gasteiger partial charge on any atom is -0.369 e. The summed E-state index contributed by atoms with van der Waals surface area (Å²) < 4.78 is 22.6.